The third kappa shape index (κ3) is 3.02. The van der Waals surface area contributed by atoms with Gasteiger partial charge in [-0.2, -0.15) is 13.2 Å². The number of piperazine rings is 1. The Morgan fingerprint density at radius 3 is 2.65 bits per heavy atom. The van der Waals surface area contributed by atoms with Gasteiger partial charge in [-0.1, -0.05) is 6.07 Å². The Bertz CT molecular complexity index is 618. The number of alkyl halides is 3. The zero-order valence-corrected chi connectivity index (χ0v) is 12.8. The smallest absolute Gasteiger partial charge is 0.416 e. The van der Waals surface area contributed by atoms with Crippen LogP contribution in [0, 0.1) is 0 Å². The van der Waals surface area contributed by atoms with E-state index in [2.05, 4.69) is 4.90 Å². The van der Waals surface area contributed by atoms with Gasteiger partial charge in [0.1, 0.15) is 0 Å². The molecule has 1 N–H and O–H groups in total. The Hall–Kier alpha value is -1.76. The summed E-state index contributed by atoms with van der Waals surface area (Å²) in [7, 11) is 0. The number of benzene rings is 1. The maximum Gasteiger partial charge on any atom is 0.416 e. The lowest BCUT2D eigenvalue weighted by molar-refractivity contribution is -0.137. The van der Waals surface area contributed by atoms with Crippen LogP contribution >= 0.6 is 0 Å². The van der Waals surface area contributed by atoms with E-state index in [4.69, 9.17) is 5.11 Å². The topological polar surface area (TPSA) is 43.8 Å². The molecular formula is C16H19F3N2O2. The summed E-state index contributed by atoms with van der Waals surface area (Å²) in [5.74, 6) is 0. The molecule has 1 saturated heterocycles. The molecule has 0 radical (unpaired) electrons. The summed E-state index contributed by atoms with van der Waals surface area (Å²) in [5, 5.41) is 9.07. The molecule has 3 rings (SSSR count). The van der Waals surface area contributed by atoms with Gasteiger partial charge in [0.25, 0.3) is 0 Å². The second-order valence-corrected chi connectivity index (χ2v) is 6.28. The molecule has 1 aromatic rings. The SMILES string of the molecule is C[C@H]1CN(C(=O)O)CCN1C1CCc2ccc(C(F)(F)F)cc21. The van der Waals surface area contributed by atoms with Crippen molar-refractivity contribution in [3.63, 3.8) is 0 Å². The van der Waals surface area contributed by atoms with E-state index in [0.29, 0.717) is 19.6 Å². The normalized spacial score (nSPS) is 25.5. The van der Waals surface area contributed by atoms with Crippen LogP contribution in [0.2, 0.25) is 0 Å². The number of hydrogen-bond acceptors (Lipinski definition) is 2. The summed E-state index contributed by atoms with van der Waals surface area (Å²) in [4.78, 5) is 14.6. The van der Waals surface area contributed by atoms with Crippen LogP contribution in [0.3, 0.4) is 0 Å². The fourth-order valence-corrected chi connectivity index (χ4v) is 3.71. The van der Waals surface area contributed by atoms with Crippen LogP contribution in [0.1, 0.15) is 36.1 Å². The van der Waals surface area contributed by atoms with Crippen molar-refractivity contribution in [2.75, 3.05) is 19.6 Å². The molecule has 0 bridgehead atoms. The third-order valence-electron chi connectivity index (χ3n) is 4.87. The van der Waals surface area contributed by atoms with Gasteiger partial charge in [0, 0.05) is 31.7 Å². The third-order valence-corrected chi connectivity index (χ3v) is 4.87. The molecule has 126 valence electrons. The average molecular weight is 328 g/mol. The van der Waals surface area contributed by atoms with Gasteiger partial charge >= 0.3 is 12.3 Å². The van der Waals surface area contributed by atoms with Crippen molar-refractivity contribution in [1.82, 2.24) is 9.80 Å². The highest BCUT2D eigenvalue weighted by atomic mass is 19.4. The van der Waals surface area contributed by atoms with E-state index in [1.165, 1.54) is 11.0 Å². The van der Waals surface area contributed by atoms with Crippen molar-refractivity contribution in [3.05, 3.63) is 34.9 Å². The molecule has 0 aromatic heterocycles. The van der Waals surface area contributed by atoms with E-state index in [1.807, 2.05) is 6.92 Å². The van der Waals surface area contributed by atoms with Gasteiger partial charge in [-0.25, -0.2) is 4.79 Å². The zero-order valence-electron chi connectivity index (χ0n) is 12.8. The van der Waals surface area contributed by atoms with Gasteiger partial charge in [-0.05, 0) is 43.0 Å². The Morgan fingerprint density at radius 2 is 2.04 bits per heavy atom. The highest BCUT2D eigenvalue weighted by Crippen LogP contribution is 2.40. The molecule has 0 spiro atoms. The molecule has 1 aliphatic heterocycles. The summed E-state index contributed by atoms with van der Waals surface area (Å²) < 4.78 is 38.9. The number of aryl methyl sites for hydroxylation is 1. The molecule has 1 aromatic carbocycles. The van der Waals surface area contributed by atoms with E-state index in [0.717, 1.165) is 30.0 Å². The number of carbonyl (C=O) groups is 1. The molecule has 23 heavy (non-hydrogen) atoms. The maximum atomic E-state index is 13.0. The fraction of sp³-hybridized carbons (Fsp3) is 0.562. The van der Waals surface area contributed by atoms with Crippen LogP contribution in [-0.2, 0) is 12.6 Å². The Balaban J connectivity index is 1.83. The number of amides is 1. The molecule has 2 atom stereocenters. The Kier molecular flexibility index (Phi) is 4.00. The number of halogens is 3. The molecule has 1 fully saturated rings. The van der Waals surface area contributed by atoms with Crippen molar-refractivity contribution in [3.8, 4) is 0 Å². The second-order valence-electron chi connectivity index (χ2n) is 6.28. The summed E-state index contributed by atoms with van der Waals surface area (Å²) >= 11 is 0. The van der Waals surface area contributed by atoms with Gasteiger partial charge in [0.2, 0.25) is 0 Å². The number of nitrogens with zero attached hydrogens (tertiary/aromatic N) is 2. The molecule has 1 amide bonds. The number of fused-ring (bicyclic) bond motifs is 1. The van der Waals surface area contributed by atoms with Crippen LogP contribution in [0.25, 0.3) is 0 Å². The largest absolute Gasteiger partial charge is 0.465 e. The van der Waals surface area contributed by atoms with Crippen LogP contribution in [-0.4, -0.2) is 46.7 Å². The minimum Gasteiger partial charge on any atom is -0.465 e. The Morgan fingerprint density at radius 1 is 1.30 bits per heavy atom. The van der Waals surface area contributed by atoms with E-state index in [1.54, 1.807) is 6.07 Å². The standard InChI is InChI=1S/C16H19F3N2O2/c1-10-9-20(15(22)23)6-7-21(10)14-5-3-11-2-4-12(8-13(11)14)16(17,18)19/h2,4,8,10,14H,3,5-7,9H2,1H3,(H,22,23)/t10-,14?/m0/s1. The molecule has 0 saturated carbocycles. The molecule has 4 nitrogen and oxygen atoms in total. The minimum atomic E-state index is -4.34. The van der Waals surface area contributed by atoms with E-state index < -0.39 is 17.8 Å². The average Bonchev–Trinajstić information content (AvgIpc) is 2.89. The van der Waals surface area contributed by atoms with Crippen molar-refractivity contribution < 1.29 is 23.1 Å². The van der Waals surface area contributed by atoms with Gasteiger partial charge < -0.3 is 10.0 Å². The van der Waals surface area contributed by atoms with Gasteiger partial charge in [0.15, 0.2) is 0 Å². The first-order chi connectivity index (χ1) is 10.8. The predicted molar refractivity (Wildman–Crippen MR) is 78.3 cm³/mol. The zero-order chi connectivity index (χ0) is 16.8. The van der Waals surface area contributed by atoms with E-state index in [-0.39, 0.29) is 12.1 Å². The second kappa shape index (κ2) is 5.70. The highest BCUT2D eigenvalue weighted by Gasteiger charge is 2.37. The van der Waals surface area contributed by atoms with Crippen molar-refractivity contribution in [1.29, 1.82) is 0 Å². The summed E-state index contributed by atoms with van der Waals surface area (Å²) in [6.45, 7) is 3.26. The lowest BCUT2D eigenvalue weighted by Gasteiger charge is -2.42. The first kappa shape index (κ1) is 16.1. The predicted octanol–water partition coefficient (Wildman–Crippen LogP) is 3.38. The lowest BCUT2D eigenvalue weighted by atomic mass is 10.0. The maximum absolute atomic E-state index is 13.0. The van der Waals surface area contributed by atoms with E-state index in [9.17, 15) is 18.0 Å². The van der Waals surface area contributed by atoms with Crippen molar-refractivity contribution >= 4 is 6.09 Å². The number of carboxylic acid groups (broad SMARTS) is 1. The Labute approximate surface area is 132 Å². The highest BCUT2D eigenvalue weighted by molar-refractivity contribution is 5.65. The van der Waals surface area contributed by atoms with Crippen LogP contribution in [0.15, 0.2) is 18.2 Å². The molecule has 2 aliphatic rings. The number of rotatable bonds is 1. The summed E-state index contributed by atoms with van der Waals surface area (Å²) in [6, 6.07) is 3.93. The molecular weight excluding hydrogens is 309 g/mol. The molecule has 7 heteroatoms. The summed E-state index contributed by atoms with van der Waals surface area (Å²) in [5.41, 5.74) is 1.10. The van der Waals surface area contributed by atoms with Crippen LogP contribution in [0.5, 0.6) is 0 Å². The first-order valence-corrected chi connectivity index (χ1v) is 7.71. The fourth-order valence-electron chi connectivity index (χ4n) is 3.71. The minimum absolute atomic E-state index is 0.00894. The van der Waals surface area contributed by atoms with Gasteiger partial charge in [-0.15, -0.1) is 0 Å². The lowest BCUT2D eigenvalue weighted by Crippen LogP contribution is -2.53. The van der Waals surface area contributed by atoms with Crippen LogP contribution in [0.4, 0.5) is 18.0 Å². The monoisotopic (exact) mass is 328 g/mol. The quantitative estimate of drug-likeness (QED) is 0.859. The van der Waals surface area contributed by atoms with Gasteiger partial charge in [0.05, 0.1) is 5.56 Å². The van der Waals surface area contributed by atoms with E-state index >= 15 is 0 Å². The molecule has 1 aliphatic carbocycles. The van der Waals surface area contributed by atoms with Crippen LogP contribution < -0.4 is 0 Å². The molecule has 1 heterocycles. The van der Waals surface area contributed by atoms with Crippen molar-refractivity contribution in [2.45, 2.75) is 38.0 Å². The van der Waals surface area contributed by atoms with Gasteiger partial charge in [-0.3, -0.25) is 4.90 Å². The molecule has 1 unspecified atom stereocenters. The first-order valence-electron chi connectivity index (χ1n) is 7.71. The van der Waals surface area contributed by atoms with Crippen molar-refractivity contribution in [2.24, 2.45) is 0 Å². The summed E-state index contributed by atoms with van der Waals surface area (Å²) in [6.07, 6.45) is -3.73. The number of hydrogen-bond donors (Lipinski definition) is 1.